The number of benzene rings is 2. The van der Waals surface area contributed by atoms with Crippen LogP contribution < -0.4 is 5.32 Å². The molecule has 0 aliphatic carbocycles. The van der Waals surface area contributed by atoms with Crippen molar-refractivity contribution in [3.05, 3.63) is 69.6 Å². The van der Waals surface area contributed by atoms with Gasteiger partial charge in [-0.15, -0.1) is 0 Å². The van der Waals surface area contributed by atoms with E-state index in [2.05, 4.69) is 5.32 Å². The Hall–Kier alpha value is -3.39. The summed E-state index contributed by atoms with van der Waals surface area (Å²) in [6.45, 7) is 3.38. The number of imide groups is 1. The highest BCUT2D eigenvalue weighted by atomic mass is 32.2. The van der Waals surface area contributed by atoms with E-state index >= 15 is 0 Å². The lowest BCUT2D eigenvalue weighted by atomic mass is 10.1. The molecule has 0 atom stereocenters. The summed E-state index contributed by atoms with van der Waals surface area (Å²) in [4.78, 5) is 49.1. The molecule has 1 aliphatic heterocycles. The van der Waals surface area contributed by atoms with Crippen LogP contribution in [0.4, 0.5) is 10.5 Å². The molecule has 0 spiro atoms. The van der Waals surface area contributed by atoms with E-state index in [1.54, 1.807) is 12.1 Å². The molecule has 148 valence electrons. The molecule has 1 fully saturated rings. The summed E-state index contributed by atoms with van der Waals surface area (Å²) >= 11 is 0.743. The lowest BCUT2D eigenvalue weighted by molar-refractivity contribution is -0.127. The van der Waals surface area contributed by atoms with Gasteiger partial charge in [0.25, 0.3) is 11.1 Å². The average Bonchev–Trinajstić information content (AvgIpc) is 2.92. The summed E-state index contributed by atoms with van der Waals surface area (Å²) < 4.78 is 0. The molecule has 8 heteroatoms. The molecule has 1 heterocycles. The van der Waals surface area contributed by atoms with Gasteiger partial charge in [0.1, 0.15) is 6.54 Å². The normalized spacial score (nSPS) is 15.1. The third-order valence-corrected chi connectivity index (χ3v) is 5.21. The van der Waals surface area contributed by atoms with Crippen LogP contribution in [-0.4, -0.2) is 39.6 Å². The molecular weight excluding hydrogens is 392 g/mol. The molecule has 2 aromatic carbocycles. The van der Waals surface area contributed by atoms with Crippen LogP contribution in [0.5, 0.6) is 0 Å². The molecule has 7 nitrogen and oxygen atoms in total. The van der Waals surface area contributed by atoms with Crippen LogP contribution in [-0.2, 0) is 9.59 Å². The summed E-state index contributed by atoms with van der Waals surface area (Å²) in [6, 6.07) is 11.5. The fourth-order valence-corrected chi connectivity index (χ4v) is 3.55. The largest absolute Gasteiger partial charge is 0.478 e. The number of nitrogens with zero attached hydrogens (tertiary/aromatic N) is 1. The number of thioether (sulfide) groups is 1. The van der Waals surface area contributed by atoms with Crippen molar-refractivity contribution in [3.8, 4) is 0 Å². The number of aromatic carboxylic acids is 1. The van der Waals surface area contributed by atoms with Crippen molar-refractivity contribution in [1.29, 1.82) is 0 Å². The Balaban J connectivity index is 1.70. The number of rotatable bonds is 5. The third-order valence-electron chi connectivity index (χ3n) is 4.30. The highest BCUT2D eigenvalue weighted by Gasteiger charge is 2.36. The minimum absolute atomic E-state index is 0.123. The number of aryl methyl sites for hydroxylation is 2. The summed E-state index contributed by atoms with van der Waals surface area (Å²) in [5.41, 5.74) is 3.20. The van der Waals surface area contributed by atoms with Gasteiger partial charge in [0.05, 0.1) is 10.5 Å². The number of hydrogen-bond donors (Lipinski definition) is 2. The molecule has 0 saturated carbocycles. The fourth-order valence-electron chi connectivity index (χ4n) is 2.71. The van der Waals surface area contributed by atoms with Gasteiger partial charge in [-0.25, -0.2) is 4.79 Å². The SMILES string of the molecule is Cc1ccc(C)c(NC(=O)CN2C(=O)S/C(=C\c3ccc(C(=O)O)cc3)C2=O)c1. The van der Waals surface area contributed by atoms with Gasteiger partial charge >= 0.3 is 5.97 Å². The van der Waals surface area contributed by atoms with Crippen molar-refractivity contribution in [3.63, 3.8) is 0 Å². The smallest absolute Gasteiger partial charge is 0.335 e. The van der Waals surface area contributed by atoms with Crippen molar-refractivity contribution < 1.29 is 24.3 Å². The fraction of sp³-hybridized carbons (Fsp3) is 0.143. The Morgan fingerprint density at radius 3 is 2.45 bits per heavy atom. The molecule has 1 aliphatic rings. The molecule has 1 saturated heterocycles. The van der Waals surface area contributed by atoms with Crippen molar-refractivity contribution in [2.24, 2.45) is 0 Å². The first-order valence-electron chi connectivity index (χ1n) is 8.70. The van der Waals surface area contributed by atoms with Gasteiger partial charge in [-0.3, -0.25) is 19.3 Å². The van der Waals surface area contributed by atoms with Gasteiger partial charge in [-0.1, -0.05) is 24.3 Å². The third kappa shape index (κ3) is 4.72. The predicted octanol–water partition coefficient (Wildman–Crippen LogP) is 3.68. The maximum atomic E-state index is 12.5. The summed E-state index contributed by atoms with van der Waals surface area (Å²) in [6.07, 6.45) is 1.50. The summed E-state index contributed by atoms with van der Waals surface area (Å²) in [5.74, 6) is -2.07. The van der Waals surface area contributed by atoms with Crippen molar-refractivity contribution >= 4 is 46.5 Å². The number of hydrogen-bond acceptors (Lipinski definition) is 5. The van der Waals surface area contributed by atoms with Crippen molar-refractivity contribution in [1.82, 2.24) is 4.90 Å². The quantitative estimate of drug-likeness (QED) is 0.729. The first kappa shape index (κ1) is 20.3. The molecule has 0 unspecified atom stereocenters. The molecule has 2 N–H and O–H groups in total. The summed E-state index contributed by atoms with van der Waals surface area (Å²) in [7, 11) is 0. The number of anilines is 1. The van der Waals surface area contributed by atoms with Crippen LogP contribution in [0.1, 0.15) is 27.0 Å². The Labute approximate surface area is 171 Å². The number of carbonyl (C=O) groups excluding carboxylic acids is 3. The number of carbonyl (C=O) groups is 4. The van der Waals surface area contributed by atoms with Crippen molar-refractivity contribution in [2.75, 3.05) is 11.9 Å². The highest BCUT2D eigenvalue weighted by Crippen LogP contribution is 2.32. The van der Waals surface area contributed by atoms with Crippen LogP contribution in [0, 0.1) is 13.8 Å². The van der Waals surface area contributed by atoms with Gasteiger partial charge in [0.2, 0.25) is 5.91 Å². The van der Waals surface area contributed by atoms with E-state index in [4.69, 9.17) is 5.11 Å². The van der Waals surface area contributed by atoms with Crippen molar-refractivity contribution in [2.45, 2.75) is 13.8 Å². The second-order valence-corrected chi connectivity index (χ2v) is 7.55. The van der Waals surface area contributed by atoms with Gasteiger partial charge in [-0.05, 0) is 66.6 Å². The van der Waals surface area contributed by atoms with Gasteiger partial charge in [-0.2, -0.15) is 0 Å². The Morgan fingerprint density at radius 1 is 1.10 bits per heavy atom. The first-order valence-corrected chi connectivity index (χ1v) is 9.52. The van der Waals surface area contributed by atoms with E-state index in [0.29, 0.717) is 11.3 Å². The van der Waals surface area contributed by atoms with Gasteiger partial charge in [0.15, 0.2) is 0 Å². The molecule has 0 bridgehead atoms. The number of nitrogens with one attached hydrogen (secondary N) is 1. The maximum absolute atomic E-state index is 12.5. The molecule has 3 rings (SSSR count). The lowest BCUT2D eigenvalue weighted by Gasteiger charge is -2.14. The molecular formula is C21H18N2O5S. The summed E-state index contributed by atoms with van der Waals surface area (Å²) in [5, 5.41) is 11.1. The topological polar surface area (TPSA) is 104 Å². The zero-order valence-corrected chi connectivity index (χ0v) is 16.6. The van der Waals surface area contributed by atoms with Crippen LogP contribution in [0.2, 0.25) is 0 Å². The van der Waals surface area contributed by atoms with Crippen LogP contribution >= 0.6 is 11.8 Å². The van der Waals surface area contributed by atoms with E-state index in [0.717, 1.165) is 27.8 Å². The molecule has 2 aromatic rings. The Bertz CT molecular complexity index is 1040. The molecule has 0 radical (unpaired) electrons. The molecule has 0 aromatic heterocycles. The predicted molar refractivity (Wildman–Crippen MR) is 111 cm³/mol. The zero-order chi connectivity index (χ0) is 21.1. The molecule has 29 heavy (non-hydrogen) atoms. The molecule has 3 amide bonds. The van der Waals surface area contributed by atoms with E-state index in [9.17, 15) is 19.2 Å². The Kier molecular flexibility index (Phi) is 5.84. The zero-order valence-electron chi connectivity index (χ0n) is 15.8. The van der Waals surface area contributed by atoms with Gasteiger partial charge < -0.3 is 10.4 Å². The van der Waals surface area contributed by atoms with E-state index < -0.39 is 23.0 Å². The van der Waals surface area contributed by atoms with Crippen LogP contribution in [0.3, 0.4) is 0 Å². The Morgan fingerprint density at radius 2 is 1.79 bits per heavy atom. The van der Waals surface area contributed by atoms with E-state index in [1.165, 1.54) is 18.2 Å². The first-order chi connectivity index (χ1) is 13.7. The number of carboxylic acid groups (broad SMARTS) is 1. The number of amides is 3. The van der Waals surface area contributed by atoms with Gasteiger partial charge in [0, 0.05) is 5.69 Å². The second-order valence-electron chi connectivity index (χ2n) is 6.56. The van der Waals surface area contributed by atoms with Crippen LogP contribution in [0.15, 0.2) is 47.4 Å². The highest BCUT2D eigenvalue weighted by molar-refractivity contribution is 8.18. The minimum Gasteiger partial charge on any atom is -0.478 e. The standard InChI is InChI=1S/C21H18N2O5S/c1-12-3-4-13(2)16(9-12)22-18(24)11-23-19(25)17(29-21(23)28)10-14-5-7-15(8-6-14)20(26)27/h3-10H,11H2,1-2H3,(H,22,24)(H,26,27)/b17-10-. The second kappa shape index (κ2) is 8.32. The minimum atomic E-state index is -1.05. The monoisotopic (exact) mass is 410 g/mol. The number of carboxylic acids is 1. The van der Waals surface area contributed by atoms with E-state index in [1.807, 2.05) is 32.0 Å². The maximum Gasteiger partial charge on any atom is 0.335 e. The lowest BCUT2D eigenvalue weighted by Crippen LogP contribution is -2.36. The van der Waals surface area contributed by atoms with Crippen LogP contribution in [0.25, 0.3) is 6.08 Å². The average molecular weight is 410 g/mol. The van der Waals surface area contributed by atoms with E-state index in [-0.39, 0.29) is 17.0 Å².